The van der Waals surface area contributed by atoms with Gasteiger partial charge >= 0.3 is 5.97 Å². The van der Waals surface area contributed by atoms with Crippen LogP contribution in [0.15, 0.2) is 0 Å². The molecule has 0 saturated carbocycles. The second-order valence-corrected chi connectivity index (χ2v) is 3.21. The summed E-state index contributed by atoms with van der Waals surface area (Å²) in [4.78, 5) is 31.7. The molecule has 0 aromatic carbocycles. The summed E-state index contributed by atoms with van der Waals surface area (Å²) in [6.07, 6.45) is 1.23. The van der Waals surface area contributed by atoms with Gasteiger partial charge in [0.25, 0.3) is 0 Å². The van der Waals surface area contributed by atoms with Crippen molar-refractivity contribution in [2.24, 2.45) is 5.73 Å². The number of aldehydes is 1. The molecule has 0 fully saturated rings. The summed E-state index contributed by atoms with van der Waals surface area (Å²) < 4.78 is 0. The van der Waals surface area contributed by atoms with Gasteiger partial charge in [0.05, 0.1) is 6.04 Å². The SMILES string of the molecule is CCC(C=O)N[C@@H](CCC(N)=O)C(=O)O. The number of nitrogens with one attached hydrogen (secondary N) is 1. The maximum Gasteiger partial charge on any atom is 0.320 e. The molecule has 0 rings (SSSR count). The number of primary amides is 1. The van der Waals surface area contributed by atoms with E-state index in [-0.39, 0.29) is 12.8 Å². The number of hydrogen-bond donors (Lipinski definition) is 3. The van der Waals surface area contributed by atoms with Gasteiger partial charge in [-0.25, -0.2) is 0 Å². The van der Waals surface area contributed by atoms with Crippen molar-refractivity contribution in [3.8, 4) is 0 Å². The molecule has 6 nitrogen and oxygen atoms in total. The largest absolute Gasteiger partial charge is 0.480 e. The van der Waals surface area contributed by atoms with Crippen LogP contribution in [0.4, 0.5) is 0 Å². The number of amides is 1. The first kappa shape index (κ1) is 13.6. The molecular formula is C9H16N2O4. The molecule has 2 atom stereocenters. The summed E-state index contributed by atoms with van der Waals surface area (Å²) in [7, 11) is 0. The van der Waals surface area contributed by atoms with Gasteiger partial charge in [-0.05, 0) is 12.8 Å². The first-order valence-electron chi connectivity index (χ1n) is 4.73. The fraction of sp³-hybridized carbons (Fsp3) is 0.667. The van der Waals surface area contributed by atoms with Crippen molar-refractivity contribution >= 4 is 18.2 Å². The smallest absolute Gasteiger partial charge is 0.320 e. The standard InChI is InChI=1S/C9H16N2O4/c1-2-6(5-12)11-7(9(14)15)3-4-8(10)13/h5-7,11H,2-4H2,1H3,(H2,10,13)(H,14,15)/t6?,7-/m0/s1. The number of carbonyl (C=O) groups is 3. The van der Waals surface area contributed by atoms with Crippen LogP contribution in [0.1, 0.15) is 26.2 Å². The van der Waals surface area contributed by atoms with E-state index in [4.69, 9.17) is 10.8 Å². The monoisotopic (exact) mass is 216 g/mol. The van der Waals surface area contributed by atoms with E-state index in [2.05, 4.69) is 5.32 Å². The number of carbonyl (C=O) groups excluding carboxylic acids is 2. The van der Waals surface area contributed by atoms with Crippen molar-refractivity contribution in [2.75, 3.05) is 0 Å². The molecule has 6 heteroatoms. The lowest BCUT2D eigenvalue weighted by atomic mass is 10.1. The van der Waals surface area contributed by atoms with E-state index in [0.717, 1.165) is 0 Å². The van der Waals surface area contributed by atoms with E-state index in [1.165, 1.54) is 0 Å². The average Bonchev–Trinajstić information content (AvgIpc) is 2.17. The quantitative estimate of drug-likeness (QED) is 0.463. The van der Waals surface area contributed by atoms with Crippen molar-refractivity contribution in [1.29, 1.82) is 0 Å². The van der Waals surface area contributed by atoms with Crippen LogP contribution in [0, 0.1) is 0 Å². The Kier molecular flexibility index (Phi) is 6.28. The minimum Gasteiger partial charge on any atom is -0.480 e. The lowest BCUT2D eigenvalue weighted by Crippen LogP contribution is -2.44. The first-order valence-corrected chi connectivity index (χ1v) is 4.73. The minimum absolute atomic E-state index is 0.0146. The highest BCUT2D eigenvalue weighted by molar-refractivity contribution is 5.77. The van der Waals surface area contributed by atoms with Gasteiger partial charge in [-0.3, -0.25) is 14.9 Å². The maximum absolute atomic E-state index is 10.7. The van der Waals surface area contributed by atoms with Gasteiger partial charge in [-0.15, -0.1) is 0 Å². The average molecular weight is 216 g/mol. The lowest BCUT2D eigenvalue weighted by Gasteiger charge is -2.17. The lowest BCUT2D eigenvalue weighted by molar-refractivity contribution is -0.140. The molecule has 1 amide bonds. The Morgan fingerprint density at radius 2 is 2.13 bits per heavy atom. The van der Waals surface area contributed by atoms with Crippen LogP contribution < -0.4 is 11.1 Å². The molecule has 0 aliphatic heterocycles. The Morgan fingerprint density at radius 1 is 1.53 bits per heavy atom. The number of nitrogens with two attached hydrogens (primary N) is 1. The fourth-order valence-corrected chi connectivity index (χ4v) is 1.08. The topological polar surface area (TPSA) is 109 Å². The Balaban J connectivity index is 4.20. The van der Waals surface area contributed by atoms with Crippen molar-refractivity contribution in [3.63, 3.8) is 0 Å². The summed E-state index contributed by atoms with van der Waals surface area (Å²) in [6.45, 7) is 1.76. The van der Waals surface area contributed by atoms with Crippen LogP contribution in [0.25, 0.3) is 0 Å². The first-order chi connectivity index (χ1) is 7.01. The zero-order valence-electron chi connectivity index (χ0n) is 8.60. The molecule has 0 bridgehead atoms. The molecule has 4 N–H and O–H groups in total. The van der Waals surface area contributed by atoms with Crippen molar-refractivity contribution in [3.05, 3.63) is 0 Å². The Labute approximate surface area is 87.8 Å². The van der Waals surface area contributed by atoms with Crippen LogP contribution in [-0.2, 0) is 14.4 Å². The highest BCUT2D eigenvalue weighted by atomic mass is 16.4. The van der Waals surface area contributed by atoms with Crippen LogP contribution in [0.2, 0.25) is 0 Å². The predicted molar refractivity (Wildman–Crippen MR) is 53.1 cm³/mol. The van der Waals surface area contributed by atoms with Crippen LogP contribution in [0.5, 0.6) is 0 Å². The van der Waals surface area contributed by atoms with E-state index in [1.54, 1.807) is 6.92 Å². The highest BCUT2D eigenvalue weighted by Gasteiger charge is 2.20. The molecule has 86 valence electrons. The molecule has 0 radical (unpaired) electrons. The third-order valence-electron chi connectivity index (χ3n) is 2.00. The molecule has 0 aromatic rings. The van der Waals surface area contributed by atoms with E-state index in [0.29, 0.717) is 12.7 Å². The molecule has 0 aliphatic carbocycles. The second-order valence-electron chi connectivity index (χ2n) is 3.21. The van der Waals surface area contributed by atoms with Gasteiger partial charge in [0.15, 0.2) is 0 Å². The van der Waals surface area contributed by atoms with Crippen molar-refractivity contribution < 1.29 is 19.5 Å². The molecule has 15 heavy (non-hydrogen) atoms. The molecule has 0 heterocycles. The Hall–Kier alpha value is -1.43. The van der Waals surface area contributed by atoms with Gasteiger partial charge in [0.2, 0.25) is 5.91 Å². The predicted octanol–water partition coefficient (Wildman–Crippen LogP) is -0.728. The van der Waals surface area contributed by atoms with Crippen LogP contribution in [-0.4, -0.2) is 35.4 Å². The molecule has 0 spiro atoms. The summed E-state index contributed by atoms with van der Waals surface area (Å²) in [5.74, 6) is -1.64. The minimum atomic E-state index is -1.09. The number of carboxylic acids is 1. The molecule has 0 saturated heterocycles. The summed E-state index contributed by atoms with van der Waals surface area (Å²) in [5.41, 5.74) is 4.91. The number of carboxylic acid groups (broad SMARTS) is 1. The Morgan fingerprint density at radius 3 is 2.47 bits per heavy atom. The molecule has 1 unspecified atom stereocenters. The Bertz CT molecular complexity index is 242. The number of aliphatic carboxylic acids is 1. The van der Waals surface area contributed by atoms with Crippen molar-refractivity contribution in [1.82, 2.24) is 5.32 Å². The summed E-state index contributed by atoms with van der Waals surface area (Å²) in [5, 5.41) is 11.4. The van der Waals surface area contributed by atoms with Gasteiger partial charge in [0, 0.05) is 6.42 Å². The summed E-state index contributed by atoms with van der Waals surface area (Å²) >= 11 is 0. The molecular weight excluding hydrogens is 200 g/mol. The third-order valence-corrected chi connectivity index (χ3v) is 2.00. The number of hydrogen-bond acceptors (Lipinski definition) is 4. The molecule has 0 aliphatic rings. The normalized spacial score (nSPS) is 14.2. The maximum atomic E-state index is 10.7. The van der Waals surface area contributed by atoms with Crippen molar-refractivity contribution in [2.45, 2.75) is 38.3 Å². The number of rotatable bonds is 8. The highest BCUT2D eigenvalue weighted by Crippen LogP contribution is 2.00. The van der Waals surface area contributed by atoms with Crippen LogP contribution in [0.3, 0.4) is 0 Å². The second kappa shape index (κ2) is 6.94. The van der Waals surface area contributed by atoms with E-state index >= 15 is 0 Å². The van der Waals surface area contributed by atoms with E-state index in [1.807, 2.05) is 0 Å². The molecule has 0 aromatic heterocycles. The van der Waals surface area contributed by atoms with Gasteiger partial charge in [0.1, 0.15) is 12.3 Å². The van der Waals surface area contributed by atoms with E-state index < -0.39 is 24.0 Å². The van der Waals surface area contributed by atoms with Crippen LogP contribution >= 0.6 is 0 Å². The third kappa shape index (κ3) is 5.79. The zero-order valence-corrected chi connectivity index (χ0v) is 8.60. The van der Waals surface area contributed by atoms with Gasteiger partial charge < -0.3 is 15.6 Å². The zero-order chi connectivity index (χ0) is 11.8. The van der Waals surface area contributed by atoms with Gasteiger partial charge in [-0.1, -0.05) is 6.92 Å². The van der Waals surface area contributed by atoms with E-state index in [9.17, 15) is 14.4 Å². The fourth-order valence-electron chi connectivity index (χ4n) is 1.08. The van der Waals surface area contributed by atoms with Gasteiger partial charge in [-0.2, -0.15) is 0 Å². The summed E-state index contributed by atoms with van der Waals surface area (Å²) in [6, 6.07) is -1.41.